The first kappa shape index (κ1) is 16.8. The number of nitrogens with one attached hydrogen (secondary N) is 1. The number of halogens is 1. The van der Waals surface area contributed by atoms with Gasteiger partial charge in [0.1, 0.15) is 11.8 Å². The van der Waals surface area contributed by atoms with E-state index in [0.717, 1.165) is 16.5 Å². The fourth-order valence-electron chi connectivity index (χ4n) is 2.85. The van der Waals surface area contributed by atoms with Crippen molar-refractivity contribution in [3.63, 3.8) is 0 Å². The third-order valence-corrected chi connectivity index (χ3v) is 4.44. The number of hydrogen-bond donors (Lipinski definition) is 2. The van der Waals surface area contributed by atoms with Crippen LogP contribution in [0, 0.1) is 11.3 Å². The lowest BCUT2D eigenvalue weighted by atomic mass is 10.0. The van der Waals surface area contributed by atoms with Gasteiger partial charge in [0.25, 0.3) is 0 Å². The van der Waals surface area contributed by atoms with Crippen molar-refractivity contribution in [2.75, 3.05) is 12.8 Å². The van der Waals surface area contributed by atoms with Crippen molar-refractivity contribution in [2.45, 2.75) is 0 Å². The zero-order valence-corrected chi connectivity index (χ0v) is 14.9. The van der Waals surface area contributed by atoms with E-state index in [1.807, 2.05) is 36.4 Å². The molecule has 132 valence electrons. The van der Waals surface area contributed by atoms with Crippen molar-refractivity contribution < 1.29 is 4.74 Å². The molecule has 0 saturated heterocycles. The van der Waals surface area contributed by atoms with Gasteiger partial charge < -0.3 is 10.5 Å². The summed E-state index contributed by atoms with van der Waals surface area (Å²) in [5.74, 6) is 0.737. The maximum atomic E-state index is 9.33. The molecule has 0 spiro atoms. The Morgan fingerprint density at radius 2 is 1.96 bits per heavy atom. The Labute approximate surface area is 159 Å². The molecule has 0 aliphatic carbocycles. The van der Waals surface area contributed by atoms with Gasteiger partial charge in [-0.2, -0.15) is 10.4 Å². The average molecular weight is 377 g/mol. The molecule has 0 aliphatic rings. The van der Waals surface area contributed by atoms with E-state index in [-0.39, 0.29) is 11.5 Å². The standard InChI is InChI=1S/C19H13ClN6O/c1-27-13-4-2-3-10(6-13)17-18(24-15(8-21)19(22)25-17)11-5-12-9-23-26-16(12)14(20)7-11/h2-7,9H,1H3,(H2,22,25)(H,23,26). The second-order valence-corrected chi connectivity index (χ2v) is 6.20. The number of nitrogens with zero attached hydrogens (tertiary/aromatic N) is 4. The minimum atomic E-state index is 0.0556. The van der Waals surface area contributed by atoms with E-state index in [9.17, 15) is 5.26 Å². The number of anilines is 1. The summed E-state index contributed by atoms with van der Waals surface area (Å²) in [5.41, 5.74) is 9.20. The molecule has 27 heavy (non-hydrogen) atoms. The van der Waals surface area contributed by atoms with Gasteiger partial charge in [-0.3, -0.25) is 5.10 Å². The zero-order chi connectivity index (χ0) is 19.0. The maximum Gasteiger partial charge on any atom is 0.183 e. The van der Waals surface area contributed by atoms with Crippen LogP contribution in [0.5, 0.6) is 5.75 Å². The first-order valence-corrected chi connectivity index (χ1v) is 8.33. The Balaban J connectivity index is 2.01. The highest BCUT2D eigenvalue weighted by Gasteiger charge is 2.17. The number of hydrogen-bond acceptors (Lipinski definition) is 6. The van der Waals surface area contributed by atoms with Crippen molar-refractivity contribution in [2.24, 2.45) is 0 Å². The van der Waals surface area contributed by atoms with Crippen molar-refractivity contribution in [1.29, 1.82) is 5.26 Å². The summed E-state index contributed by atoms with van der Waals surface area (Å²) in [5, 5.41) is 17.5. The number of fused-ring (bicyclic) bond motifs is 1. The van der Waals surface area contributed by atoms with Gasteiger partial charge in [-0.05, 0) is 24.3 Å². The largest absolute Gasteiger partial charge is 0.497 e. The first-order valence-electron chi connectivity index (χ1n) is 7.95. The SMILES string of the molecule is COc1cccc(-c2nc(N)c(C#N)nc2-c2cc(Cl)c3[nH]ncc3c2)c1. The van der Waals surface area contributed by atoms with Crippen molar-refractivity contribution in [3.8, 4) is 34.3 Å². The monoisotopic (exact) mass is 376 g/mol. The van der Waals surface area contributed by atoms with Gasteiger partial charge in [-0.25, -0.2) is 9.97 Å². The van der Waals surface area contributed by atoms with Crippen LogP contribution in [0.2, 0.25) is 5.02 Å². The van der Waals surface area contributed by atoms with Gasteiger partial charge in [-0.15, -0.1) is 0 Å². The highest BCUT2D eigenvalue weighted by atomic mass is 35.5. The van der Waals surface area contributed by atoms with Crippen LogP contribution >= 0.6 is 11.6 Å². The molecule has 0 atom stereocenters. The second kappa shape index (κ2) is 6.59. The van der Waals surface area contributed by atoms with Crippen LogP contribution < -0.4 is 10.5 Å². The number of benzene rings is 2. The molecule has 0 fully saturated rings. The predicted molar refractivity (Wildman–Crippen MR) is 103 cm³/mol. The van der Waals surface area contributed by atoms with Gasteiger partial charge in [0.15, 0.2) is 11.5 Å². The molecular weight excluding hydrogens is 364 g/mol. The van der Waals surface area contributed by atoms with Crippen LogP contribution in [0.15, 0.2) is 42.6 Å². The molecule has 2 heterocycles. The number of nitrogen functional groups attached to an aromatic ring is 1. The van der Waals surface area contributed by atoms with E-state index in [2.05, 4.69) is 20.2 Å². The van der Waals surface area contributed by atoms with E-state index in [4.69, 9.17) is 22.1 Å². The molecule has 0 unspecified atom stereocenters. The van der Waals surface area contributed by atoms with E-state index < -0.39 is 0 Å². The molecule has 0 amide bonds. The Bertz CT molecular complexity index is 1210. The number of methoxy groups -OCH3 is 1. The van der Waals surface area contributed by atoms with E-state index in [1.165, 1.54) is 0 Å². The van der Waals surface area contributed by atoms with Gasteiger partial charge in [-0.1, -0.05) is 23.7 Å². The molecule has 3 N–H and O–H groups in total. The lowest BCUT2D eigenvalue weighted by Crippen LogP contribution is -2.03. The first-order chi connectivity index (χ1) is 13.1. The van der Waals surface area contributed by atoms with Crippen molar-refractivity contribution in [1.82, 2.24) is 20.2 Å². The summed E-state index contributed by atoms with van der Waals surface area (Å²) in [6.45, 7) is 0. The summed E-state index contributed by atoms with van der Waals surface area (Å²) in [7, 11) is 1.59. The van der Waals surface area contributed by atoms with Crippen LogP contribution in [0.3, 0.4) is 0 Å². The summed E-state index contributed by atoms with van der Waals surface area (Å²) in [6.07, 6.45) is 1.67. The summed E-state index contributed by atoms with van der Waals surface area (Å²) in [4.78, 5) is 8.88. The number of ether oxygens (including phenoxy) is 1. The van der Waals surface area contributed by atoms with Gasteiger partial charge >= 0.3 is 0 Å². The quantitative estimate of drug-likeness (QED) is 0.562. The molecule has 2 aromatic carbocycles. The molecule has 4 rings (SSSR count). The lowest BCUT2D eigenvalue weighted by Gasteiger charge is -2.12. The normalized spacial score (nSPS) is 10.7. The molecule has 4 aromatic rings. The molecule has 7 nitrogen and oxygen atoms in total. The van der Waals surface area contributed by atoms with Crippen LogP contribution in [0.4, 0.5) is 5.82 Å². The predicted octanol–water partition coefficient (Wildman–Crippen LogP) is 3.80. The summed E-state index contributed by atoms with van der Waals surface area (Å²) < 4.78 is 5.30. The Morgan fingerprint density at radius 1 is 1.15 bits per heavy atom. The Kier molecular flexibility index (Phi) is 4.11. The highest BCUT2D eigenvalue weighted by Crippen LogP contribution is 2.35. The van der Waals surface area contributed by atoms with Gasteiger partial charge in [0.05, 0.1) is 35.2 Å². The van der Waals surface area contributed by atoms with E-state index in [1.54, 1.807) is 19.4 Å². The van der Waals surface area contributed by atoms with Crippen LogP contribution in [-0.2, 0) is 0 Å². The fraction of sp³-hybridized carbons (Fsp3) is 0.0526. The Hall–Kier alpha value is -3.63. The van der Waals surface area contributed by atoms with Gasteiger partial charge in [0.2, 0.25) is 0 Å². The van der Waals surface area contributed by atoms with E-state index in [0.29, 0.717) is 27.7 Å². The van der Waals surface area contributed by atoms with Crippen LogP contribution in [0.1, 0.15) is 5.69 Å². The average Bonchev–Trinajstić information content (AvgIpc) is 3.17. The number of rotatable bonds is 3. The maximum absolute atomic E-state index is 9.33. The van der Waals surface area contributed by atoms with Crippen LogP contribution in [-0.4, -0.2) is 27.3 Å². The third-order valence-electron chi connectivity index (χ3n) is 4.15. The second-order valence-electron chi connectivity index (χ2n) is 5.79. The minimum absolute atomic E-state index is 0.0556. The smallest absolute Gasteiger partial charge is 0.183 e. The summed E-state index contributed by atoms with van der Waals surface area (Å²) in [6, 6.07) is 13.0. The number of nitriles is 1. The molecule has 0 bridgehead atoms. The fourth-order valence-corrected chi connectivity index (χ4v) is 3.12. The molecule has 0 radical (unpaired) electrons. The van der Waals surface area contributed by atoms with Gasteiger partial charge in [0, 0.05) is 16.5 Å². The molecule has 0 aliphatic heterocycles. The van der Waals surface area contributed by atoms with E-state index >= 15 is 0 Å². The lowest BCUT2D eigenvalue weighted by molar-refractivity contribution is 0.415. The zero-order valence-electron chi connectivity index (χ0n) is 14.2. The number of aromatic amines is 1. The minimum Gasteiger partial charge on any atom is -0.497 e. The van der Waals surface area contributed by atoms with Crippen molar-refractivity contribution >= 4 is 28.3 Å². The number of aromatic nitrogens is 4. The molecule has 2 aromatic heterocycles. The highest BCUT2D eigenvalue weighted by molar-refractivity contribution is 6.35. The topological polar surface area (TPSA) is 114 Å². The molecule has 8 heteroatoms. The van der Waals surface area contributed by atoms with Crippen molar-refractivity contribution in [3.05, 3.63) is 53.3 Å². The third kappa shape index (κ3) is 2.92. The van der Waals surface area contributed by atoms with Crippen LogP contribution in [0.25, 0.3) is 33.4 Å². The Morgan fingerprint density at radius 3 is 2.74 bits per heavy atom. The summed E-state index contributed by atoms with van der Waals surface area (Å²) >= 11 is 6.38. The number of H-pyrrole nitrogens is 1. The molecule has 0 saturated carbocycles. The molecular formula is C19H13ClN6O. The number of nitrogens with two attached hydrogens (primary N) is 1.